The van der Waals surface area contributed by atoms with E-state index < -0.39 is 6.43 Å². The Balaban J connectivity index is 2.24. The van der Waals surface area contributed by atoms with E-state index in [0.29, 0.717) is 6.54 Å². The number of alkyl halides is 2. The van der Waals surface area contributed by atoms with Gasteiger partial charge in [0.1, 0.15) is 0 Å². The van der Waals surface area contributed by atoms with Gasteiger partial charge < -0.3 is 11.1 Å². The summed E-state index contributed by atoms with van der Waals surface area (Å²) in [5.74, 6) is 0. The highest BCUT2D eigenvalue weighted by atomic mass is 32.1. The zero-order chi connectivity index (χ0) is 12.3. The average Bonchev–Trinajstić information content (AvgIpc) is 2.74. The number of thiophene rings is 1. The van der Waals surface area contributed by atoms with Crippen molar-refractivity contribution in [2.24, 2.45) is 5.73 Å². The van der Waals surface area contributed by atoms with Gasteiger partial charge in [-0.3, -0.25) is 0 Å². The highest BCUT2D eigenvalue weighted by molar-refractivity contribution is 7.17. The van der Waals surface area contributed by atoms with E-state index in [9.17, 15) is 8.78 Å². The fourth-order valence-corrected chi connectivity index (χ4v) is 2.83. The molecule has 1 atom stereocenters. The molecule has 5 heteroatoms. The van der Waals surface area contributed by atoms with Gasteiger partial charge in [-0.1, -0.05) is 18.2 Å². The number of benzene rings is 1. The minimum atomic E-state index is -2.35. The Labute approximate surface area is 102 Å². The molecule has 0 radical (unpaired) electrons. The number of nitrogens with two attached hydrogens (primary N) is 1. The predicted octanol–water partition coefficient (Wildman–Crippen LogP) is 2.76. The summed E-state index contributed by atoms with van der Waals surface area (Å²) in [5, 5.41) is 5.87. The lowest BCUT2D eigenvalue weighted by atomic mass is 10.1. The zero-order valence-electron chi connectivity index (χ0n) is 9.20. The molecule has 2 aromatic rings. The Morgan fingerprint density at radius 3 is 2.76 bits per heavy atom. The second kappa shape index (κ2) is 5.53. The Morgan fingerprint density at radius 1 is 1.29 bits per heavy atom. The van der Waals surface area contributed by atoms with Gasteiger partial charge in [-0.05, 0) is 22.4 Å². The molecular weight excluding hydrogens is 242 g/mol. The highest BCUT2D eigenvalue weighted by Gasteiger charge is 2.15. The Morgan fingerprint density at radius 2 is 2.06 bits per heavy atom. The van der Waals surface area contributed by atoms with E-state index in [-0.39, 0.29) is 12.6 Å². The van der Waals surface area contributed by atoms with Crippen LogP contribution in [0.1, 0.15) is 11.6 Å². The fraction of sp³-hybridized carbons (Fsp3) is 0.333. The molecular formula is C12H14F2N2S. The highest BCUT2D eigenvalue weighted by Crippen LogP contribution is 2.29. The van der Waals surface area contributed by atoms with Crippen LogP contribution in [0.25, 0.3) is 10.1 Å². The maximum absolute atomic E-state index is 12.2. The molecule has 0 aliphatic rings. The number of nitrogens with one attached hydrogen (secondary N) is 1. The van der Waals surface area contributed by atoms with Crippen LogP contribution >= 0.6 is 11.3 Å². The first-order valence-corrected chi connectivity index (χ1v) is 6.28. The van der Waals surface area contributed by atoms with Crippen LogP contribution in [-0.4, -0.2) is 19.5 Å². The number of rotatable bonds is 5. The third-order valence-electron chi connectivity index (χ3n) is 2.64. The van der Waals surface area contributed by atoms with Crippen molar-refractivity contribution >= 4 is 21.4 Å². The standard InChI is InChI=1S/C12H14F2N2S/c13-12(14)6-16-10(5-15)9-7-17-11-4-2-1-3-8(9)11/h1-4,7,10,12,16H,5-6,15H2. The summed E-state index contributed by atoms with van der Waals surface area (Å²) in [6.45, 7) is -0.0144. The van der Waals surface area contributed by atoms with Crippen LogP contribution in [0.5, 0.6) is 0 Å². The summed E-state index contributed by atoms with van der Waals surface area (Å²) in [4.78, 5) is 0. The van der Waals surface area contributed by atoms with Gasteiger partial charge in [-0.2, -0.15) is 0 Å². The average molecular weight is 256 g/mol. The topological polar surface area (TPSA) is 38.0 Å². The Hall–Kier alpha value is -1.04. The summed E-state index contributed by atoms with van der Waals surface area (Å²) in [5.41, 5.74) is 6.65. The molecule has 0 bridgehead atoms. The predicted molar refractivity (Wildman–Crippen MR) is 67.6 cm³/mol. The second-order valence-electron chi connectivity index (χ2n) is 3.77. The first kappa shape index (κ1) is 12.4. The van der Waals surface area contributed by atoms with E-state index in [1.165, 1.54) is 0 Å². The van der Waals surface area contributed by atoms with E-state index >= 15 is 0 Å². The molecule has 0 fully saturated rings. The van der Waals surface area contributed by atoms with Crippen LogP contribution in [0.3, 0.4) is 0 Å². The molecule has 92 valence electrons. The van der Waals surface area contributed by atoms with Gasteiger partial charge in [0, 0.05) is 17.3 Å². The molecule has 1 unspecified atom stereocenters. The maximum Gasteiger partial charge on any atom is 0.250 e. The van der Waals surface area contributed by atoms with E-state index in [4.69, 9.17) is 5.73 Å². The van der Waals surface area contributed by atoms with Crippen molar-refractivity contribution in [2.75, 3.05) is 13.1 Å². The second-order valence-corrected chi connectivity index (χ2v) is 4.69. The van der Waals surface area contributed by atoms with Gasteiger partial charge in [-0.25, -0.2) is 8.78 Å². The van der Waals surface area contributed by atoms with Crippen LogP contribution in [0.4, 0.5) is 8.78 Å². The summed E-state index contributed by atoms with van der Waals surface area (Å²) < 4.78 is 25.5. The van der Waals surface area contributed by atoms with Crippen molar-refractivity contribution in [1.82, 2.24) is 5.32 Å². The van der Waals surface area contributed by atoms with E-state index in [1.807, 2.05) is 29.6 Å². The van der Waals surface area contributed by atoms with Crippen molar-refractivity contribution in [3.63, 3.8) is 0 Å². The van der Waals surface area contributed by atoms with Crippen LogP contribution in [0, 0.1) is 0 Å². The van der Waals surface area contributed by atoms with Crippen molar-refractivity contribution in [3.05, 3.63) is 35.2 Å². The van der Waals surface area contributed by atoms with Crippen LogP contribution < -0.4 is 11.1 Å². The number of halogens is 2. The molecule has 1 aromatic carbocycles. The molecule has 0 aliphatic carbocycles. The molecule has 0 aliphatic heterocycles. The SMILES string of the molecule is NCC(NCC(F)F)c1csc2ccccc12. The maximum atomic E-state index is 12.2. The quantitative estimate of drug-likeness (QED) is 0.863. The third kappa shape index (κ3) is 2.80. The minimum absolute atomic E-state index is 0.208. The molecule has 1 aromatic heterocycles. The molecule has 1 heterocycles. The Kier molecular flexibility index (Phi) is 4.04. The van der Waals surface area contributed by atoms with Gasteiger partial charge >= 0.3 is 0 Å². The molecule has 2 rings (SSSR count). The molecule has 0 spiro atoms. The van der Waals surface area contributed by atoms with Crippen molar-refractivity contribution < 1.29 is 8.78 Å². The molecule has 2 nitrogen and oxygen atoms in total. The number of hydrogen-bond donors (Lipinski definition) is 2. The smallest absolute Gasteiger partial charge is 0.250 e. The first-order valence-electron chi connectivity index (χ1n) is 5.40. The van der Waals surface area contributed by atoms with Crippen molar-refractivity contribution in [1.29, 1.82) is 0 Å². The fourth-order valence-electron chi connectivity index (χ4n) is 1.82. The zero-order valence-corrected chi connectivity index (χ0v) is 10.0. The van der Waals surface area contributed by atoms with Crippen LogP contribution in [0.15, 0.2) is 29.6 Å². The lowest BCUT2D eigenvalue weighted by Crippen LogP contribution is -2.31. The molecule has 3 N–H and O–H groups in total. The van der Waals surface area contributed by atoms with E-state index in [2.05, 4.69) is 5.32 Å². The molecule has 0 saturated carbocycles. The van der Waals surface area contributed by atoms with Crippen LogP contribution in [0.2, 0.25) is 0 Å². The van der Waals surface area contributed by atoms with Crippen molar-refractivity contribution in [3.8, 4) is 0 Å². The molecule has 0 saturated heterocycles. The third-order valence-corrected chi connectivity index (χ3v) is 3.62. The molecule has 17 heavy (non-hydrogen) atoms. The Bertz CT molecular complexity index is 484. The summed E-state index contributed by atoms with van der Waals surface area (Å²) in [6, 6.07) is 7.71. The first-order chi connectivity index (χ1) is 8.22. The van der Waals surface area contributed by atoms with Gasteiger partial charge in [0.15, 0.2) is 0 Å². The lowest BCUT2D eigenvalue weighted by Gasteiger charge is -2.16. The normalized spacial score (nSPS) is 13.4. The largest absolute Gasteiger partial charge is 0.329 e. The minimum Gasteiger partial charge on any atom is -0.329 e. The van der Waals surface area contributed by atoms with Crippen LogP contribution in [-0.2, 0) is 0 Å². The summed E-state index contributed by atoms with van der Waals surface area (Å²) in [7, 11) is 0. The van der Waals surface area contributed by atoms with Crippen molar-refractivity contribution in [2.45, 2.75) is 12.5 Å². The van der Waals surface area contributed by atoms with Gasteiger partial charge in [0.25, 0.3) is 6.43 Å². The molecule has 0 amide bonds. The monoisotopic (exact) mass is 256 g/mol. The number of hydrogen-bond acceptors (Lipinski definition) is 3. The summed E-state index contributed by atoms with van der Waals surface area (Å²) in [6.07, 6.45) is -2.35. The van der Waals surface area contributed by atoms with E-state index in [1.54, 1.807) is 11.3 Å². The van der Waals surface area contributed by atoms with Gasteiger partial charge in [-0.15, -0.1) is 11.3 Å². The van der Waals surface area contributed by atoms with Gasteiger partial charge in [0.05, 0.1) is 6.54 Å². The summed E-state index contributed by atoms with van der Waals surface area (Å²) >= 11 is 1.61. The van der Waals surface area contributed by atoms with E-state index in [0.717, 1.165) is 15.6 Å². The number of fused-ring (bicyclic) bond motifs is 1. The van der Waals surface area contributed by atoms with Gasteiger partial charge in [0.2, 0.25) is 0 Å². The lowest BCUT2D eigenvalue weighted by molar-refractivity contribution is 0.142.